The molecule has 0 fully saturated rings. The van der Waals surface area contributed by atoms with Crippen molar-refractivity contribution >= 4 is 28.7 Å². The summed E-state index contributed by atoms with van der Waals surface area (Å²) in [5.41, 5.74) is 1.92. The number of ketones is 1. The summed E-state index contributed by atoms with van der Waals surface area (Å²) in [5, 5.41) is 0.781. The van der Waals surface area contributed by atoms with Gasteiger partial charge in [0.05, 0.1) is 6.33 Å². The summed E-state index contributed by atoms with van der Waals surface area (Å²) < 4.78 is 0. The van der Waals surface area contributed by atoms with E-state index in [2.05, 4.69) is 24.9 Å². The number of rotatable bonds is 4. The Morgan fingerprint density at radius 2 is 2.15 bits per heavy atom. The van der Waals surface area contributed by atoms with Gasteiger partial charge < -0.3 is 4.98 Å². The summed E-state index contributed by atoms with van der Waals surface area (Å²) >= 11 is 1.45. The summed E-state index contributed by atoms with van der Waals surface area (Å²) in [6, 6.07) is 3.60. The van der Waals surface area contributed by atoms with E-state index in [1.807, 2.05) is 13.0 Å². The van der Waals surface area contributed by atoms with Gasteiger partial charge in [-0.3, -0.25) is 9.78 Å². The summed E-state index contributed by atoms with van der Waals surface area (Å²) in [6.07, 6.45) is 5.20. The topological polar surface area (TPSA) is 84.4 Å². The molecule has 20 heavy (non-hydrogen) atoms. The number of carbonyl (C=O) groups is 1. The van der Waals surface area contributed by atoms with Gasteiger partial charge in [0.15, 0.2) is 11.4 Å². The monoisotopic (exact) mass is 285 g/mol. The lowest BCUT2D eigenvalue weighted by molar-refractivity contribution is 0.0983. The lowest BCUT2D eigenvalue weighted by Crippen LogP contribution is -1.99. The van der Waals surface area contributed by atoms with E-state index in [4.69, 9.17) is 0 Å². The molecule has 100 valence electrons. The molecule has 3 rings (SSSR count). The van der Waals surface area contributed by atoms with Gasteiger partial charge >= 0.3 is 0 Å². The molecule has 0 saturated heterocycles. The number of pyridine rings is 1. The standard InChI is InChI=1S/C13H11N5OS/c1-2-10(19)9-4-3-8(5-14-9)20-13-11-12(16-6-15-11)17-7-18-13/h3-7H,2H2,1H3,(H,15,16,17,18). The van der Waals surface area contributed by atoms with Gasteiger partial charge in [-0.15, -0.1) is 0 Å². The van der Waals surface area contributed by atoms with Crippen LogP contribution in [0.25, 0.3) is 11.2 Å². The maximum Gasteiger partial charge on any atom is 0.181 e. The Morgan fingerprint density at radius 1 is 1.25 bits per heavy atom. The number of aromatic nitrogens is 5. The minimum atomic E-state index is 0.0412. The quantitative estimate of drug-likeness (QED) is 0.585. The first-order valence-corrected chi connectivity index (χ1v) is 6.90. The number of Topliss-reactive ketones (excluding diaryl/α,β-unsaturated/α-hetero) is 1. The number of hydrogen-bond acceptors (Lipinski definition) is 6. The summed E-state index contributed by atoms with van der Waals surface area (Å²) in [5.74, 6) is 0.0412. The number of nitrogens with one attached hydrogen (secondary N) is 1. The number of fused-ring (bicyclic) bond motifs is 1. The van der Waals surface area contributed by atoms with Crippen LogP contribution >= 0.6 is 11.8 Å². The molecule has 0 spiro atoms. The fourth-order valence-corrected chi connectivity index (χ4v) is 2.54. The van der Waals surface area contributed by atoms with Crippen LogP contribution in [0.4, 0.5) is 0 Å². The van der Waals surface area contributed by atoms with Crippen LogP contribution in [0.1, 0.15) is 23.8 Å². The molecule has 1 N–H and O–H groups in total. The van der Waals surface area contributed by atoms with Gasteiger partial charge in [0, 0.05) is 17.5 Å². The molecule has 0 amide bonds. The first kappa shape index (κ1) is 12.7. The maximum absolute atomic E-state index is 11.5. The molecule has 3 heterocycles. The second-order valence-electron chi connectivity index (χ2n) is 4.04. The van der Waals surface area contributed by atoms with E-state index in [0.29, 0.717) is 17.8 Å². The van der Waals surface area contributed by atoms with Gasteiger partial charge in [0.25, 0.3) is 0 Å². The molecule has 0 unspecified atom stereocenters. The number of nitrogens with zero attached hydrogens (tertiary/aromatic N) is 4. The van der Waals surface area contributed by atoms with Crippen LogP contribution in [-0.4, -0.2) is 30.7 Å². The third kappa shape index (κ3) is 2.39. The van der Waals surface area contributed by atoms with Crippen LogP contribution in [0.15, 0.2) is 40.9 Å². The van der Waals surface area contributed by atoms with Crippen molar-refractivity contribution in [3.05, 3.63) is 36.7 Å². The Balaban J connectivity index is 1.88. The highest BCUT2D eigenvalue weighted by Crippen LogP contribution is 2.29. The zero-order valence-corrected chi connectivity index (χ0v) is 11.5. The predicted octanol–water partition coefficient (Wildman–Crippen LogP) is 2.49. The van der Waals surface area contributed by atoms with E-state index >= 15 is 0 Å². The minimum Gasteiger partial charge on any atom is -0.341 e. The van der Waals surface area contributed by atoms with Crippen molar-refractivity contribution in [1.82, 2.24) is 24.9 Å². The first-order chi connectivity index (χ1) is 9.78. The fraction of sp³-hybridized carbons (Fsp3) is 0.154. The maximum atomic E-state index is 11.5. The van der Waals surface area contributed by atoms with Gasteiger partial charge in [0.2, 0.25) is 0 Å². The summed E-state index contributed by atoms with van der Waals surface area (Å²) in [6.45, 7) is 1.82. The molecule has 0 aliphatic rings. The molecule has 6 nitrogen and oxygen atoms in total. The van der Waals surface area contributed by atoms with Gasteiger partial charge in [-0.25, -0.2) is 15.0 Å². The normalized spacial score (nSPS) is 10.8. The van der Waals surface area contributed by atoms with Crippen LogP contribution in [0.3, 0.4) is 0 Å². The van der Waals surface area contributed by atoms with E-state index in [0.717, 1.165) is 15.4 Å². The second-order valence-corrected chi connectivity index (χ2v) is 5.10. The minimum absolute atomic E-state index is 0.0412. The lowest BCUT2D eigenvalue weighted by atomic mass is 10.2. The molecule has 0 aromatic carbocycles. The number of H-pyrrole nitrogens is 1. The van der Waals surface area contributed by atoms with Gasteiger partial charge in [0.1, 0.15) is 22.6 Å². The molecule has 0 atom stereocenters. The van der Waals surface area contributed by atoms with E-state index in [-0.39, 0.29) is 5.78 Å². The van der Waals surface area contributed by atoms with Crippen molar-refractivity contribution in [1.29, 1.82) is 0 Å². The Hall–Kier alpha value is -2.28. The van der Waals surface area contributed by atoms with E-state index in [9.17, 15) is 4.79 Å². The third-order valence-corrected chi connectivity index (χ3v) is 3.73. The van der Waals surface area contributed by atoms with Gasteiger partial charge in [-0.05, 0) is 12.1 Å². The van der Waals surface area contributed by atoms with Crippen LogP contribution in [0, 0.1) is 0 Å². The average Bonchev–Trinajstić information content (AvgIpc) is 2.97. The van der Waals surface area contributed by atoms with Crippen molar-refractivity contribution < 1.29 is 4.79 Å². The Morgan fingerprint density at radius 3 is 2.90 bits per heavy atom. The van der Waals surface area contributed by atoms with Gasteiger partial charge in [-0.2, -0.15) is 0 Å². The number of hydrogen-bond donors (Lipinski definition) is 1. The molecule has 3 aromatic rings. The molecule has 0 bridgehead atoms. The van der Waals surface area contributed by atoms with Crippen LogP contribution < -0.4 is 0 Å². The highest BCUT2D eigenvalue weighted by molar-refractivity contribution is 7.99. The summed E-state index contributed by atoms with van der Waals surface area (Å²) in [4.78, 5) is 32.0. The molecule has 0 aliphatic carbocycles. The first-order valence-electron chi connectivity index (χ1n) is 6.09. The smallest absolute Gasteiger partial charge is 0.181 e. The number of carbonyl (C=O) groups excluding carboxylic acids is 1. The molecule has 7 heteroatoms. The number of imidazole rings is 1. The fourth-order valence-electron chi connectivity index (χ4n) is 1.72. The molecule has 0 radical (unpaired) electrons. The van der Waals surface area contributed by atoms with Crippen molar-refractivity contribution in [2.75, 3.05) is 0 Å². The third-order valence-electron chi connectivity index (χ3n) is 2.75. The lowest BCUT2D eigenvalue weighted by Gasteiger charge is -2.02. The number of aromatic amines is 1. The van der Waals surface area contributed by atoms with Crippen molar-refractivity contribution in [3.8, 4) is 0 Å². The van der Waals surface area contributed by atoms with E-state index in [1.165, 1.54) is 18.1 Å². The largest absolute Gasteiger partial charge is 0.341 e. The van der Waals surface area contributed by atoms with Gasteiger partial charge in [-0.1, -0.05) is 18.7 Å². The SMILES string of the molecule is CCC(=O)c1ccc(Sc2ncnc3nc[nH]c23)cn1. The van der Waals surface area contributed by atoms with Crippen molar-refractivity contribution in [2.45, 2.75) is 23.3 Å². The molecule has 3 aromatic heterocycles. The molecule has 0 saturated carbocycles. The molecular formula is C13H11N5OS. The van der Waals surface area contributed by atoms with E-state index < -0.39 is 0 Å². The molecular weight excluding hydrogens is 274 g/mol. The predicted molar refractivity (Wildman–Crippen MR) is 74.7 cm³/mol. The zero-order valence-electron chi connectivity index (χ0n) is 10.7. The summed E-state index contributed by atoms with van der Waals surface area (Å²) in [7, 11) is 0. The highest BCUT2D eigenvalue weighted by atomic mass is 32.2. The van der Waals surface area contributed by atoms with Crippen molar-refractivity contribution in [3.63, 3.8) is 0 Å². The Bertz CT molecular complexity index is 753. The Labute approximate surface area is 119 Å². The second kappa shape index (κ2) is 5.38. The zero-order chi connectivity index (χ0) is 13.9. The van der Waals surface area contributed by atoms with Crippen LogP contribution in [-0.2, 0) is 0 Å². The highest BCUT2D eigenvalue weighted by Gasteiger charge is 2.09. The van der Waals surface area contributed by atoms with E-state index in [1.54, 1.807) is 18.6 Å². The molecule has 0 aliphatic heterocycles. The Kier molecular flexibility index (Phi) is 3.42. The van der Waals surface area contributed by atoms with Crippen molar-refractivity contribution in [2.24, 2.45) is 0 Å². The van der Waals surface area contributed by atoms with Crippen LogP contribution in [0.2, 0.25) is 0 Å². The average molecular weight is 285 g/mol. The van der Waals surface area contributed by atoms with Crippen LogP contribution in [0.5, 0.6) is 0 Å².